The fourth-order valence-electron chi connectivity index (χ4n) is 2.43. The van der Waals surface area contributed by atoms with Crippen LogP contribution in [0.3, 0.4) is 0 Å². The van der Waals surface area contributed by atoms with Crippen LogP contribution in [0.5, 0.6) is 5.88 Å². The molecule has 0 unspecified atom stereocenters. The van der Waals surface area contributed by atoms with Crippen LogP contribution in [0.4, 0.5) is 0 Å². The van der Waals surface area contributed by atoms with E-state index in [-0.39, 0.29) is 28.3 Å². The van der Waals surface area contributed by atoms with Gasteiger partial charge in [-0.3, -0.25) is 13.9 Å². The number of allylic oxidation sites excluding steroid dienone is 1. The summed E-state index contributed by atoms with van der Waals surface area (Å²) in [7, 11) is -4.13. The maximum atomic E-state index is 12.7. The molecule has 1 aromatic carbocycles. The van der Waals surface area contributed by atoms with Gasteiger partial charge in [-0.25, -0.2) is 8.42 Å². The molecule has 2 rings (SSSR count). The maximum absolute atomic E-state index is 12.7. The molecule has 136 valence electrons. The highest BCUT2D eigenvalue weighted by molar-refractivity contribution is 7.95. The zero-order valence-corrected chi connectivity index (χ0v) is 15.8. The highest BCUT2D eigenvalue weighted by atomic mass is 32.2. The van der Waals surface area contributed by atoms with Crippen LogP contribution in [0.15, 0.2) is 44.9 Å². The minimum atomic E-state index is -4.13. The summed E-state index contributed by atoms with van der Waals surface area (Å²) in [6, 6.07) is 9.02. The van der Waals surface area contributed by atoms with Crippen LogP contribution in [0, 0.1) is 16.1 Å². The van der Waals surface area contributed by atoms with Crippen molar-refractivity contribution in [3.8, 4) is 11.9 Å². The van der Waals surface area contributed by atoms with Crippen LogP contribution >= 0.6 is 12.2 Å². The number of benzene rings is 1. The van der Waals surface area contributed by atoms with E-state index in [0.29, 0.717) is 0 Å². The maximum Gasteiger partial charge on any atom is 0.265 e. The Morgan fingerprint density at radius 3 is 2.31 bits per heavy atom. The summed E-state index contributed by atoms with van der Waals surface area (Å²) in [6.45, 7) is 3.94. The molecule has 0 saturated carbocycles. The summed E-state index contributed by atoms with van der Waals surface area (Å²) in [5, 5.41) is 19.7. The minimum Gasteiger partial charge on any atom is -0.494 e. The van der Waals surface area contributed by atoms with Crippen LogP contribution in [0.1, 0.15) is 19.4 Å². The Hall–Kier alpha value is -2.70. The first-order valence-electron chi connectivity index (χ1n) is 7.78. The van der Waals surface area contributed by atoms with Gasteiger partial charge in [-0.15, -0.1) is 0 Å². The molecule has 0 bridgehead atoms. The summed E-state index contributed by atoms with van der Waals surface area (Å²) in [4.78, 5) is 11.9. The van der Waals surface area contributed by atoms with E-state index in [1.165, 1.54) is 33.4 Å². The topological polar surface area (TPSA) is 105 Å². The molecular weight excluding hydrogens is 374 g/mol. The predicted octanol–water partition coefficient (Wildman–Crippen LogP) is 2.46. The fourth-order valence-corrected chi connectivity index (χ4v) is 4.02. The third-order valence-electron chi connectivity index (χ3n) is 3.80. The summed E-state index contributed by atoms with van der Waals surface area (Å²) in [5.74, 6) is -0.469. The van der Waals surface area contributed by atoms with Crippen LogP contribution < -0.4 is 5.56 Å². The summed E-state index contributed by atoms with van der Waals surface area (Å²) < 4.78 is 28.0. The van der Waals surface area contributed by atoms with Crippen molar-refractivity contribution in [2.75, 3.05) is 0 Å². The van der Waals surface area contributed by atoms with E-state index in [1.807, 2.05) is 0 Å². The van der Waals surface area contributed by atoms with Crippen molar-refractivity contribution in [2.24, 2.45) is 0 Å². The second-order valence-corrected chi connectivity index (χ2v) is 7.53. The van der Waals surface area contributed by atoms with Gasteiger partial charge in [0.2, 0.25) is 15.7 Å². The molecular formula is C17H17N3O4S2. The van der Waals surface area contributed by atoms with Gasteiger partial charge in [-0.1, -0.05) is 18.2 Å². The SMILES string of the molecule is CCn1c(O)c(C=C(C#N)S(=O)(=O)c2ccccc2)c(=O)n(CC)c1=S. The van der Waals surface area contributed by atoms with Crippen molar-refractivity contribution < 1.29 is 13.5 Å². The van der Waals surface area contributed by atoms with E-state index in [2.05, 4.69) is 0 Å². The monoisotopic (exact) mass is 391 g/mol. The Balaban J connectivity index is 2.82. The van der Waals surface area contributed by atoms with E-state index in [9.17, 15) is 23.6 Å². The third kappa shape index (κ3) is 3.34. The number of rotatable bonds is 5. The molecule has 2 aromatic rings. The molecule has 26 heavy (non-hydrogen) atoms. The minimum absolute atomic E-state index is 0.0774. The molecule has 7 nitrogen and oxygen atoms in total. The van der Waals surface area contributed by atoms with Crippen molar-refractivity contribution in [3.63, 3.8) is 0 Å². The van der Waals surface area contributed by atoms with E-state index < -0.39 is 26.2 Å². The molecule has 0 aliphatic heterocycles. The molecule has 9 heteroatoms. The lowest BCUT2D eigenvalue weighted by Crippen LogP contribution is -2.26. The fraction of sp³-hybridized carbons (Fsp3) is 0.235. The first kappa shape index (κ1) is 19.6. The molecule has 0 aliphatic rings. The number of sulfone groups is 1. The Bertz CT molecular complexity index is 1120. The van der Waals surface area contributed by atoms with Crippen LogP contribution in [-0.4, -0.2) is 22.7 Å². The zero-order valence-electron chi connectivity index (χ0n) is 14.2. The van der Waals surface area contributed by atoms with E-state index in [4.69, 9.17) is 12.2 Å². The van der Waals surface area contributed by atoms with Gasteiger partial charge in [0.1, 0.15) is 16.5 Å². The number of hydrogen-bond donors (Lipinski definition) is 1. The van der Waals surface area contributed by atoms with Crippen molar-refractivity contribution in [1.82, 2.24) is 9.13 Å². The molecule has 0 aliphatic carbocycles. The lowest BCUT2D eigenvalue weighted by molar-refractivity contribution is 0.399. The third-order valence-corrected chi connectivity index (χ3v) is 5.92. The van der Waals surface area contributed by atoms with Gasteiger partial charge in [-0.2, -0.15) is 5.26 Å². The Morgan fingerprint density at radius 2 is 1.81 bits per heavy atom. The zero-order chi connectivity index (χ0) is 19.5. The second-order valence-electron chi connectivity index (χ2n) is 5.25. The predicted molar refractivity (Wildman–Crippen MR) is 99.8 cm³/mol. The largest absolute Gasteiger partial charge is 0.494 e. The summed E-state index contributed by atoms with van der Waals surface area (Å²) >= 11 is 5.18. The van der Waals surface area contributed by atoms with Crippen LogP contribution in [0.2, 0.25) is 0 Å². The van der Waals surface area contributed by atoms with E-state index in [1.54, 1.807) is 26.0 Å². The molecule has 0 amide bonds. The molecule has 0 spiro atoms. The molecule has 0 radical (unpaired) electrons. The van der Waals surface area contributed by atoms with Gasteiger partial charge >= 0.3 is 0 Å². The Morgan fingerprint density at radius 1 is 1.23 bits per heavy atom. The highest BCUT2D eigenvalue weighted by Gasteiger charge is 2.23. The average Bonchev–Trinajstić information content (AvgIpc) is 2.63. The Labute approximate surface area is 156 Å². The van der Waals surface area contributed by atoms with Crippen LogP contribution in [0.25, 0.3) is 6.08 Å². The van der Waals surface area contributed by atoms with Gasteiger partial charge in [0.25, 0.3) is 5.56 Å². The molecule has 0 saturated heterocycles. The normalized spacial score (nSPS) is 12.0. The molecule has 1 aromatic heterocycles. The number of hydrogen-bond acceptors (Lipinski definition) is 6. The van der Waals surface area contributed by atoms with E-state index in [0.717, 1.165) is 6.08 Å². The smallest absolute Gasteiger partial charge is 0.265 e. The van der Waals surface area contributed by atoms with Gasteiger partial charge < -0.3 is 5.11 Å². The van der Waals surface area contributed by atoms with Gasteiger partial charge in [0.15, 0.2) is 4.77 Å². The van der Waals surface area contributed by atoms with Gasteiger partial charge in [0, 0.05) is 13.1 Å². The van der Waals surface area contributed by atoms with Crippen molar-refractivity contribution in [2.45, 2.75) is 31.8 Å². The molecule has 0 atom stereocenters. The average molecular weight is 391 g/mol. The highest BCUT2D eigenvalue weighted by Crippen LogP contribution is 2.23. The second kappa shape index (κ2) is 7.68. The Kier molecular flexibility index (Phi) is 5.79. The summed E-state index contributed by atoms with van der Waals surface area (Å²) in [6.07, 6.45) is 0.896. The van der Waals surface area contributed by atoms with Crippen molar-refractivity contribution >= 4 is 28.1 Å². The number of nitriles is 1. The van der Waals surface area contributed by atoms with Gasteiger partial charge in [0.05, 0.1) is 4.90 Å². The molecule has 1 heterocycles. The quantitative estimate of drug-likeness (QED) is 0.620. The number of aromatic nitrogens is 2. The summed E-state index contributed by atoms with van der Waals surface area (Å²) in [5.41, 5.74) is -0.950. The van der Waals surface area contributed by atoms with E-state index >= 15 is 0 Å². The van der Waals surface area contributed by atoms with Crippen molar-refractivity contribution in [3.05, 3.63) is 55.9 Å². The van der Waals surface area contributed by atoms with Gasteiger partial charge in [-0.05, 0) is 44.3 Å². The molecule has 0 fully saturated rings. The molecule has 1 N–H and O–H groups in total. The standard InChI is InChI=1S/C17H17N3O4S2/c1-3-19-15(21)14(16(22)20(4-2)17(19)25)10-13(11-18)26(23,24)12-8-6-5-7-9-12/h5-10,21H,3-4H2,1-2H3. The van der Waals surface area contributed by atoms with Crippen LogP contribution in [-0.2, 0) is 22.9 Å². The first-order valence-corrected chi connectivity index (χ1v) is 9.67. The lowest BCUT2D eigenvalue weighted by atomic mass is 10.2. The first-order chi connectivity index (χ1) is 12.3. The number of nitrogens with zero attached hydrogens (tertiary/aromatic N) is 3. The van der Waals surface area contributed by atoms with Crippen molar-refractivity contribution in [1.29, 1.82) is 5.26 Å². The lowest BCUT2D eigenvalue weighted by Gasteiger charge is -2.14. The number of aromatic hydroxyl groups is 1.